The van der Waals surface area contributed by atoms with Crippen molar-refractivity contribution < 1.29 is 4.74 Å². The Morgan fingerprint density at radius 3 is 2.95 bits per heavy atom. The van der Waals surface area contributed by atoms with E-state index in [1.165, 1.54) is 31.2 Å². The van der Waals surface area contributed by atoms with E-state index in [9.17, 15) is 0 Å². The van der Waals surface area contributed by atoms with Gasteiger partial charge in [-0.1, -0.05) is 35.7 Å². The lowest BCUT2D eigenvalue weighted by atomic mass is 10.2. The first-order valence-corrected chi connectivity index (χ1v) is 8.21. The van der Waals surface area contributed by atoms with E-state index in [1.807, 2.05) is 6.07 Å². The van der Waals surface area contributed by atoms with Gasteiger partial charge >= 0.3 is 0 Å². The molecule has 0 radical (unpaired) electrons. The summed E-state index contributed by atoms with van der Waals surface area (Å²) in [5.41, 5.74) is 1.24. The van der Waals surface area contributed by atoms with Crippen molar-refractivity contribution in [2.75, 3.05) is 13.2 Å². The van der Waals surface area contributed by atoms with Gasteiger partial charge in [-0.15, -0.1) is 0 Å². The van der Waals surface area contributed by atoms with Crippen molar-refractivity contribution in [1.29, 1.82) is 0 Å². The van der Waals surface area contributed by atoms with Gasteiger partial charge in [0.25, 0.3) is 0 Å². The third-order valence-corrected chi connectivity index (χ3v) is 3.96. The van der Waals surface area contributed by atoms with Gasteiger partial charge in [-0.05, 0) is 49.9 Å². The molecule has 19 heavy (non-hydrogen) atoms. The normalized spacial score (nSPS) is 14.6. The molecular formula is C16H24BrNO. The van der Waals surface area contributed by atoms with Gasteiger partial charge in [0.05, 0.1) is 6.61 Å². The average Bonchev–Trinajstić information content (AvgIpc) is 3.21. The Hall–Kier alpha value is -0.540. The number of benzene rings is 1. The first-order valence-electron chi connectivity index (χ1n) is 7.41. The molecular weight excluding hydrogens is 302 g/mol. The predicted molar refractivity (Wildman–Crippen MR) is 83.6 cm³/mol. The van der Waals surface area contributed by atoms with E-state index in [1.54, 1.807) is 0 Å². The van der Waals surface area contributed by atoms with Crippen LogP contribution in [-0.2, 0) is 6.54 Å². The Morgan fingerprint density at radius 2 is 2.21 bits per heavy atom. The van der Waals surface area contributed by atoms with Gasteiger partial charge in [-0.25, -0.2) is 0 Å². The minimum atomic E-state index is 0.788. The predicted octanol–water partition coefficient (Wildman–Crippen LogP) is 4.52. The molecule has 0 atom stereocenters. The average molecular weight is 326 g/mol. The van der Waals surface area contributed by atoms with Crippen LogP contribution in [0.4, 0.5) is 0 Å². The fourth-order valence-corrected chi connectivity index (χ4v) is 2.59. The molecule has 0 spiro atoms. The molecule has 1 aromatic rings. The van der Waals surface area contributed by atoms with Crippen LogP contribution in [0.15, 0.2) is 22.7 Å². The van der Waals surface area contributed by atoms with Crippen molar-refractivity contribution in [2.24, 2.45) is 5.92 Å². The Labute approximate surface area is 125 Å². The summed E-state index contributed by atoms with van der Waals surface area (Å²) in [5, 5.41) is 3.53. The molecule has 0 unspecified atom stereocenters. The van der Waals surface area contributed by atoms with Crippen molar-refractivity contribution in [3.05, 3.63) is 28.2 Å². The molecule has 0 heterocycles. The van der Waals surface area contributed by atoms with E-state index in [0.29, 0.717) is 0 Å². The van der Waals surface area contributed by atoms with Crippen LogP contribution in [0.1, 0.15) is 44.6 Å². The summed E-state index contributed by atoms with van der Waals surface area (Å²) in [4.78, 5) is 0. The molecule has 1 N–H and O–H groups in total. The SMILES string of the molecule is CCCOc1ccc(Br)cc1CNCCCC1CC1. The molecule has 0 aliphatic heterocycles. The maximum atomic E-state index is 5.79. The zero-order chi connectivity index (χ0) is 13.5. The topological polar surface area (TPSA) is 21.3 Å². The molecule has 0 amide bonds. The molecule has 0 aromatic heterocycles. The van der Waals surface area contributed by atoms with Gasteiger partial charge in [0.2, 0.25) is 0 Å². The number of ether oxygens (including phenoxy) is 1. The third kappa shape index (κ3) is 5.53. The first kappa shape index (κ1) is 14.9. The summed E-state index contributed by atoms with van der Waals surface area (Å²) in [6.45, 7) is 4.92. The van der Waals surface area contributed by atoms with E-state index in [4.69, 9.17) is 4.74 Å². The van der Waals surface area contributed by atoms with Gasteiger partial charge in [0, 0.05) is 16.6 Å². The molecule has 0 bridgehead atoms. The molecule has 2 rings (SSSR count). The lowest BCUT2D eigenvalue weighted by Crippen LogP contribution is -2.15. The summed E-state index contributed by atoms with van der Waals surface area (Å²) in [7, 11) is 0. The number of nitrogens with one attached hydrogen (secondary N) is 1. The molecule has 1 aliphatic rings. The zero-order valence-electron chi connectivity index (χ0n) is 11.8. The molecule has 1 fully saturated rings. The van der Waals surface area contributed by atoms with E-state index in [2.05, 4.69) is 40.3 Å². The fraction of sp³-hybridized carbons (Fsp3) is 0.625. The second-order valence-electron chi connectivity index (χ2n) is 5.36. The van der Waals surface area contributed by atoms with Crippen LogP contribution < -0.4 is 10.1 Å². The number of hydrogen-bond acceptors (Lipinski definition) is 2. The van der Waals surface area contributed by atoms with Crippen LogP contribution in [0, 0.1) is 5.92 Å². The Kier molecular flexibility index (Phi) is 6.18. The molecule has 3 heteroatoms. The van der Waals surface area contributed by atoms with Crippen LogP contribution in [0.2, 0.25) is 0 Å². The van der Waals surface area contributed by atoms with Crippen molar-refractivity contribution >= 4 is 15.9 Å². The van der Waals surface area contributed by atoms with Gasteiger partial charge in [-0.3, -0.25) is 0 Å². The lowest BCUT2D eigenvalue weighted by molar-refractivity contribution is 0.313. The number of rotatable bonds is 9. The van der Waals surface area contributed by atoms with Crippen LogP contribution in [0.25, 0.3) is 0 Å². The van der Waals surface area contributed by atoms with Crippen molar-refractivity contribution in [1.82, 2.24) is 5.32 Å². The maximum Gasteiger partial charge on any atom is 0.123 e. The highest BCUT2D eigenvalue weighted by atomic mass is 79.9. The van der Waals surface area contributed by atoms with E-state index in [-0.39, 0.29) is 0 Å². The van der Waals surface area contributed by atoms with Gasteiger partial charge in [0.1, 0.15) is 5.75 Å². The highest BCUT2D eigenvalue weighted by molar-refractivity contribution is 9.10. The van der Waals surface area contributed by atoms with Crippen LogP contribution in [-0.4, -0.2) is 13.2 Å². The van der Waals surface area contributed by atoms with Gasteiger partial charge in [0.15, 0.2) is 0 Å². The second kappa shape index (κ2) is 7.91. The lowest BCUT2D eigenvalue weighted by Gasteiger charge is -2.12. The van der Waals surface area contributed by atoms with Crippen LogP contribution >= 0.6 is 15.9 Å². The summed E-state index contributed by atoms with van der Waals surface area (Å²) in [6.07, 6.45) is 6.65. The van der Waals surface area contributed by atoms with E-state index < -0.39 is 0 Å². The Balaban J connectivity index is 1.76. The Bertz CT molecular complexity index is 390. The molecule has 1 aromatic carbocycles. The molecule has 1 saturated carbocycles. The van der Waals surface area contributed by atoms with E-state index in [0.717, 1.165) is 42.3 Å². The van der Waals surface area contributed by atoms with Crippen molar-refractivity contribution in [2.45, 2.75) is 45.6 Å². The standard InChI is InChI=1S/C16H24BrNO/c1-2-10-19-16-8-7-15(17)11-14(16)12-18-9-3-4-13-5-6-13/h7-8,11,13,18H,2-6,9-10,12H2,1H3. The fourth-order valence-electron chi connectivity index (χ4n) is 2.18. The highest BCUT2D eigenvalue weighted by Gasteiger charge is 2.19. The quantitative estimate of drug-likeness (QED) is 0.674. The molecule has 2 nitrogen and oxygen atoms in total. The maximum absolute atomic E-state index is 5.79. The smallest absolute Gasteiger partial charge is 0.123 e. The van der Waals surface area contributed by atoms with Crippen molar-refractivity contribution in [3.8, 4) is 5.75 Å². The number of halogens is 1. The van der Waals surface area contributed by atoms with Gasteiger partial charge in [-0.2, -0.15) is 0 Å². The highest BCUT2D eigenvalue weighted by Crippen LogP contribution is 2.33. The summed E-state index contributed by atoms with van der Waals surface area (Å²) in [6, 6.07) is 6.25. The summed E-state index contributed by atoms with van der Waals surface area (Å²) >= 11 is 3.53. The summed E-state index contributed by atoms with van der Waals surface area (Å²) in [5.74, 6) is 2.05. The van der Waals surface area contributed by atoms with Crippen molar-refractivity contribution in [3.63, 3.8) is 0 Å². The minimum absolute atomic E-state index is 0.788. The zero-order valence-corrected chi connectivity index (χ0v) is 13.3. The Morgan fingerprint density at radius 1 is 1.37 bits per heavy atom. The van der Waals surface area contributed by atoms with Gasteiger partial charge < -0.3 is 10.1 Å². The summed E-state index contributed by atoms with van der Waals surface area (Å²) < 4.78 is 6.90. The first-order chi connectivity index (χ1) is 9.29. The number of hydrogen-bond donors (Lipinski definition) is 1. The minimum Gasteiger partial charge on any atom is -0.493 e. The third-order valence-electron chi connectivity index (χ3n) is 3.46. The largest absolute Gasteiger partial charge is 0.493 e. The molecule has 0 saturated heterocycles. The molecule has 106 valence electrons. The monoisotopic (exact) mass is 325 g/mol. The van der Waals surface area contributed by atoms with Crippen LogP contribution in [0.3, 0.4) is 0 Å². The molecule has 1 aliphatic carbocycles. The van der Waals surface area contributed by atoms with E-state index >= 15 is 0 Å². The van der Waals surface area contributed by atoms with Crippen LogP contribution in [0.5, 0.6) is 5.75 Å². The second-order valence-corrected chi connectivity index (χ2v) is 6.28.